The van der Waals surface area contributed by atoms with Crippen LogP contribution in [-0.2, 0) is 16.4 Å². The van der Waals surface area contributed by atoms with Gasteiger partial charge in [-0.1, -0.05) is 23.9 Å². The van der Waals surface area contributed by atoms with E-state index in [0.717, 1.165) is 16.4 Å². The first-order chi connectivity index (χ1) is 14.8. The van der Waals surface area contributed by atoms with Gasteiger partial charge in [0, 0.05) is 23.2 Å². The van der Waals surface area contributed by atoms with E-state index in [1.54, 1.807) is 18.3 Å². The van der Waals surface area contributed by atoms with Crippen LogP contribution in [0.5, 0.6) is 0 Å². The smallest absolute Gasteiger partial charge is 0.258 e. The molecule has 1 fully saturated rings. The van der Waals surface area contributed by atoms with Crippen LogP contribution in [0.2, 0.25) is 0 Å². The number of nitrogens with zero attached hydrogens (tertiary/aromatic N) is 4. The van der Waals surface area contributed by atoms with Crippen molar-refractivity contribution in [2.24, 2.45) is 4.99 Å². The third-order valence-corrected chi connectivity index (χ3v) is 9.03. The second kappa shape index (κ2) is 7.49. The standard InChI is InChI=1S/C22H22N4O3S2/c1-14-6-7-17(9-15(14)2)26(22-24-18-12-31(28,29)13-19(18)30-22)11-16-10-21(27)25-8-4-3-5-20(25)23-16/h3-10,18-19H,11-13H2,1-2H3/t18-,19+/m0/s1. The van der Waals surface area contributed by atoms with Crippen LogP contribution in [0.1, 0.15) is 16.8 Å². The number of amidine groups is 1. The minimum absolute atomic E-state index is 0.0516. The summed E-state index contributed by atoms with van der Waals surface area (Å²) in [5.41, 5.74) is 4.39. The van der Waals surface area contributed by atoms with E-state index in [-0.39, 0.29) is 28.4 Å². The molecule has 160 valence electrons. The zero-order valence-electron chi connectivity index (χ0n) is 17.2. The summed E-state index contributed by atoms with van der Waals surface area (Å²) in [4.78, 5) is 24.1. The fourth-order valence-corrected chi connectivity index (χ4v) is 7.76. The summed E-state index contributed by atoms with van der Waals surface area (Å²) in [6, 6.07) is 13.0. The summed E-state index contributed by atoms with van der Waals surface area (Å²) in [5, 5.41) is 0.729. The van der Waals surface area contributed by atoms with Crippen LogP contribution in [0, 0.1) is 13.8 Å². The lowest BCUT2D eigenvalue weighted by atomic mass is 10.1. The number of sulfone groups is 1. The van der Waals surface area contributed by atoms with Crippen LogP contribution in [0.15, 0.2) is 58.4 Å². The van der Waals surface area contributed by atoms with Crippen LogP contribution in [0.3, 0.4) is 0 Å². The Hall–Kier alpha value is -2.65. The van der Waals surface area contributed by atoms with Gasteiger partial charge >= 0.3 is 0 Å². The average molecular weight is 455 g/mol. The van der Waals surface area contributed by atoms with Crippen molar-refractivity contribution in [3.8, 4) is 0 Å². The van der Waals surface area contributed by atoms with Gasteiger partial charge in [-0.3, -0.25) is 14.2 Å². The molecule has 0 amide bonds. The quantitative estimate of drug-likeness (QED) is 0.605. The van der Waals surface area contributed by atoms with E-state index in [2.05, 4.69) is 31.0 Å². The molecule has 2 aliphatic rings. The molecule has 2 aliphatic heterocycles. The van der Waals surface area contributed by atoms with Gasteiger partial charge in [-0.25, -0.2) is 13.4 Å². The first kappa shape index (κ1) is 20.3. The molecule has 5 rings (SSSR count). The van der Waals surface area contributed by atoms with Crippen molar-refractivity contribution >= 4 is 38.1 Å². The number of aryl methyl sites for hydroxylation is 2. The summed E-state index contributed by atoms with van der Waals surface area (Å²) in [6.07, 6.45) is 1.70. The second-order valence-electron chi connectivity index (χ2n) is 8.08. The third-order valence-electron chi connectivity index (χ3n) is 5.78. The van der Waals surface area contributed by atoms with Crippen molar-refractivity contribution in [1.82, 2.24) is 9.38 Å². The molecule has 0 spiro atoms. The van der Waals surface area contributed by atoms with Gasteiger partial charge in [0.25, 0.3) is 5.56 Å². The van der Waals surface area contributed by atoms with E-state index in [0.29, 0.717) is 17.9 Å². The second-order valence-corrected chi connectivity index (χ2v) is 11.4. The van der Waals surface area contributed by atoms with Crippen molar-refractivity contribution < 1.29 is 8.42 Å². The minimum Gasteiger partial charge on any atom is -0.315 e. The lowest BCUT2D eigenvalue weighted by molar-refractivity contribution is 0.601. The molecule has 7 nitrogen and oxygen atoms in total. The van der Waals surface area contributed by atoms with E-state index >= 15 is 0 Å². The van der Waals surface area contributed by atoms with Crippen LogP contribution >= 0.6 is 11.8 Å². The van der Waals surface area contributed by atoms with E-state index in [1.807, 2.05) is 23.1 Å². The highest BCUT2D eigenvalue weighted by atomic mass is 32.2. The number of fused-ring (bicyclic) bond motifs is 2. The Morgan fingerprint density at radius 2 is 1.97 bits per heavy atom. The number of benzene rings is 1. The first-order valence-corrected chi connectivity index (χ1v) is 12.8. The molecular weight excluding hydrogens is 432 g/mol. The summed E-state index contributed by atoms with van der Waals surface area (Å²) >= 11 is 1.51. The van der Waals surface area contributed by atoms with Gasteiger partial charge in [-0.15, -0.1) is 0 Å². The Bertz CT molecular complexity index is 1380. The molecule has 1 saturated heterocycles. The summed E-state index contributed by atoms with van der Waals surface area (Å²) in [5.74, 6) is 0.260. The van der Waals surface area contributed by atoms with E-state index < -0.39 is 9.84 Å². The Labute approximate surface area is 184 Å². The number of hydrogen-bond donors (Lipinski definition) is 0. The van der Waals surface area contributed by atoms with Gasteiger partial charge < -0.3 is 4.90 Å². The maximum Gasteiger partial charge on any atom is 0.258 e. The number of rotatable bonds is 3. The highest BCUT2D eigenvalue weighted by Gasteiger charge is 2.44. The van der Waals surface area contributed by atoms with Gasteiger partial charge in [-0.2, -0.15) is 0 Å². The molecule has 0 N–H and O–H groups in total. The molecule has 0 unspecified atom stereocenters. The average Bonchev–Trinajstić information content (AvgIpc) is 3.22. The maximum absolute atomic E-state index is 12.6. The summed E-state index contributed by atoms with van der Waals surface area (Å²) in [6.45, 7) is 4.50. The molecule has 0 bridgehead atoms. The Morgan fingerprint density at radius 1 is 1.13 bits per heavy atom. The zero-order chi connectivity index (χ0) is 21.8. The fraction of sp³-hybridized carbons (Fsp3) is 0.318. The van der Waals surface area contributed by atoms with E-state index in [4.69, 9.17) is 4.99 Å². The van der Waals surface area contributed by atoms with Crippen molar-refractivity contribution in [2.45, 2.75) is 31.7 Å². The van der Waals surface area contributed by atoms with Crippen LogP contribution in [0.4, 0.5) is 5.69 Å². The Kier molecular flexibility index (Phi) is 4.90. The molecular formula is C22H22N4O3S2. The van der Waals surface area contributed by atoms with Crippen LogP contribution in [-0.4, -0.2) is 45.8 Å². The number of aliphatic imine (C=N–C) groups is 1. The molecule has 2 atom stereocenters. The van der Waals surface area contributed by atoms with E-state index in [1.165, 1.54) is 21.7 Å². The Morgan fingerprint density at radius 3 is 2.74 bits per heavy atom. The highest BCUT2D eigenvalue weighted by Crippen LogP contribution is 2.37. The van der Waals surface area contributed by atoms with Gasteiger partial charge in [0.1, 0.15) is 5.65 Å². The largest absolute Gasteiger partial charge is 0.315 e. The van der Waals surface area contributed by atoms with E-state index in [9.17, 15) is 13.2 Å². The first-order valence-electron chi connectivity index (χ1n) is 10.1. The van der Waals surface area contributed by atoms with Crippen LogP contribution in [0.25, 0.3) is 5.65 Å². The molecule has 0 saturated carbocycles. The third kappa shape index (κ3) is 3.87. The van der Waals surface area contributed by atoms with Gasteiger partial charge in [-0.05, 0) is 49.2 Å². The Balaban J connectivity index is 1.55. The summed E-state index contributed by atoms with van der Waals surface area (Å²) in [7, 11) is -3.02. The predicted molar refractivity (Wildman–Crippen MR) is 125 cm³/mol. The van der Waals surface area contributed by atoms with Crippen molar-refractivity contribution in [2.75, 3.05) is 16.4 Å². The molecule has 4 heterocycles. The topological polar surface area (TPSA) is 84.1 Å². The molecule has 0 radical (unpaired) electrons. The monoisotopic (exact) mass is 454 g/mol. The van der Waals surface area contributed by atoms with Crippen molar-refractivity contribution in [1.29, 1.82) is 0 Å². The van der Waals surface area contributed by atoms with Gasteiger partial charge in [0.05, 0.1) is 29.8 Å². The zero-order valence-corrected chi connectivity index (χ0v) is 18.9. The van der Waals surface area contributed by atoms with Gasteiger partial charge in [0.15, 0.2) is 15.0 Å². The minimum atomic E-state index is -3.02. The van der Waals surface area contributed by atoms with Crippen molar-refractivity contribution in [3.63, 3.8) is 0 Å². The number of aromatic nitrogens is 2. The lowest BCUT2D eigenvalue weighted by Gasteiger charge is -2.25. The van der Waals surface area contributed by atoms with Crippen molar-refractivity contribution in [3.05, 3.63) is 75.8 Å². The molecule has 9 heteroatoms. The number of hydrogen-bond acceptors (Lipinski definition) is 7. The predicted octanol–water partition coefficient (Wildman–Crippen LogP) is 2.59. The normalized spacial score (nSPS) is 21.8. The van der Waals surface area contributed by atoms with Gasteiger partial charge in [0.2, 0.25) is 0 Å². The molecule has 1 aromatic carbocycles. The van der Waals surface area contributed by atoms with Crippen LogP contribution < -0.4 is 10.5 Å². The number of pyridine rings is 1. The fourth-order valence-electron chi connectivity index (χ4n) is 3.98. The maximum atomic E-state index is 12.6. The number of thioether (sulfide) groups is 1. The highest BCUT2D eigenvalue weighted by molar-refractivity contribution is 8.15. The molecule has 0 aliphatic carbocycles. The SMILES string of the molecule is Cc1ccc(N(Cc2cc(=O)n3ccccc3n2)C2=N[C@H]3CS(=O)(=O)C[C@H]3S2)cc1C. The molecule has 31 heavy (non-hydrogen) atoms. The lowest BCUT2D eigenvalue weighted by Crippen LogP contribution is -2.29. The summed E-state index contributed by atoms with van der Waals surface area (Å²) < 4.78 is 25.5. The number of anilines is 1. The molecule has 2 aromatic heterocycles. The molecule has 3 aromatic rings.